The number of amides is 3. The highest BCUT2D eigenvalue weighted by atomic mass is 32.2. The Morgan fingerprint density at radius 2 is 2.00 bits per heavy atom. The van der Waals surface area contributed by atoms with Crippen molar-refractivity contribution in [2.45, 2.75) is 31.5 Å². The lowest BCUT2D eigenvalue weighted by molar-refractivity contribution is -0.117. The highest BCUT2D eigenvalue weighted by Crippen LogP contribution is 2.15. The molecule has 1 rings (SSSR count). The third kappa shape index (κ3) is 5.16. The average molecular weight is 286 g/mol. The molecule has 0 saturated heterocycles. The van der Waals surface area contributed by atoms with Crippen LogP contribution in [0.2, 0.25) is 0 Å². The number of nitrogens with two attached hydrogens (primary N) is 1. The Bertz CT molecular complexity index is 479. The fourth-order valence-electron chi connectivity index (χ4n) is 1.12. The summed E-state index contributed by atoms with van der Waals surface area (Å²) in [5.41, 5.74) is 5.12. The van der Waals surface area contributed by atoms with Crippen molar-refractivity contribution in [3.63, 3.8) is 0 Å². The zero-order valence-corrected chi connectivity index (χ0v) is 12.2. The van der Waals surface area contributed by atoms with E-state index in [2.05, 4.69) is 20.8 Å². The summed E-state index contributed by atoms with van der Waals surface area (Å²) in [6, 6.07) is -0.518. The van der Waals surface area contributed by atoms with Crippen molar-refractivity contribution in [3.05, 3.63) is 0 Å². The van der Waals surface area contributed by atoms with Crippen LogP contribution in [0.5, 0.6) is 0 Å². The lowest BCUT2D eigenvalue weighted by atomic mass is 10.1. The van der Waals surface area contributed by atoms with Crippen LogP contribution in [0.3, 0.4) is 0 Å². The summed E-state index contributed by atoms with van der Waals surface area (Å²) in [5.74, 6) is -0.0782. The van der Waals surface area contributed by atoms with E-state index in [4.69, 9.17) is 5.73 Å². The molecule has 3 amide bonds. The summed E-state index contributed by atoms with van der Waals surface area (Å²) < 4.78 is 1.56. The molecule has 9 heteroatoms. The first-order chi connectivity index (χ1) is 8.69. The Kier molecular flexibility index (Phi) is 4.76. The molecule has 4 N–H and O–H groups in total. The number of aromatic nitrogens is 3. The minimum absolute atomic E-state index is 0.0591. The first kappa shape index (κ1) is 15.3. The molecule has 0 spiro atoms. The zero-order chi connectivity index (χ0) is 14.6. The first-order valence-electron chi connectivity index (χ1n) is 5.58. The standard InChI is InChI=1S/C10H18N6O2S/c1-10(2,3)13-8(18)12-6(17)5-19-9-15-14-7(11)16(9)4/h5H2,1-4H3,(H2,11,14)(H2,12,13,17,18). The second-order valence-corrected chi connectivity index (χ2v) is 5.88. The quantitative estimate of drug-likeness (QED) is 0.680. The number of urea groups is 1. The van der Waals surface area contributed by atoms with Gasteiger partial charge in [0.2, 0.25) is 11.9 Å². The van der Waals surface area contributed by atoms with Crippen molar-refractivity contribution in [1.29, 1.82) is 0 Å². The summed E-state index contributed by atoms with van der Waals surface area (Å²) in [5, 5.41) is 12.8. The number of nitrogen functional groups attached to an aromatic ring is 1. The van der Waals surface area contributed by atoms with Crippen molar-refractivity contribution in [2.75, 3.05) is 11.5 Å². The molecule has 0 unspecified atom stereocenters. The number of hydrogen-bond donors (Lipinski definition) is 3. The van der Waals surface area contributed by atoms with Crippen LogP contribution in [-0.4, -0.2) is 38.0 Å². The number of thioether (sulfide) groups is 1. The average Bonchev–Trinajstić information content (AvgIpc) is 2.54. The predicted molar refractivity (Wildman–Crippen MR) is 72.6 cm³/mol. The molecule has 0 aliphatic rings. The minimum Gasteiger partial charge on any atom is -0.368 e. The molecule has 0 fully saturated rings. The molecule has 0 radical (unpaired) electrons. The highest BCUT2D eigenvalue weighted by molar-refractivity contribution is 7.99. The van der Waals surface area contributed by atoms with Gasteiger partial charge >= 0.3 is 6.03 Å². The van der Waals surface area contributed by atoms with Gasteiger partial charge in [0.1, 0.15) is 0 Å². The molecule has 0 bridgehead atoms. The van der Waals surface area contributed by atoms with E-state index in [1.165, 1.54) is 0 Å². The summed E-state index contributed by atoms with van der Waals surface area (Å²) in [4.78, 5) is 23.0. The molecule has 1 heterocycles. The molecule has 0 aromatic carbocycles. The van der Waals surface area contributed by atoms with Crippen LogP contribution < -0.4 is 16.4 Å². The van der Waals surface area contributed by atoms with Crippen molar-refractivity contribution in [1.82, 2.24) is 25.4 Å². The molecule has 1 aromatic heterocycles. The highest BCUT2D eigenvalue weighted by Gasteiger charge is 2.16. The van der Waals surface area contributed by atoms with Crippen molar-refractivity contribution >= 4 is 29.6 Å². The Labute approximate surface area is 115 Å². The Hall–Kier alpha value is -1.77. The van der Waals surface area contributed by atoms with Gasteiger partial charge in [-0.05, 0) is 20.8 Å². The van der Waals surface area contributed by atoms with Gasteiger partial charge in [0.25, 0.3) is 0 Å². The van der Waals surface area contributed by atoms with E-state index in [1.807, 2.05) is 20.8 Å². The molecule has 106 valence electrons. The van der Waals surface area contributed by atoms with E-state index in [0.29, 0.717) is 5.16 Å². The van der Waals surface area contributed by atoms with Crippen LogP contribution in [0.4, 0.5) is 10.7 Å². The van der Waals surface area contributed by atoms with Crippen LogP contribution in [-0.2, 0) is 11.8 Å². The summed E-state index contributed by atoms with van der Waals surface area (Å²) >= 11 is 1.15. The smallest absolute Gasteiger partial charge is 0.321 e. The van der Waals surface area contributed by atoms with Gasteiger partial charge in [0, 0.05) is 12.6 Å². The summed E-state index contributed by atoms with van der Waals surface area (Å²) in [6.07, 6.45) is 0. The van der Waals surface area contributed by atoms with Crippen LogP contribution >= 0.6 is 11.8 Å². The summed E-state index contributed by atoms with van der Waals surface area (Å²) in [6.45, 7) is 5.48. The molecule has 0 aliphatic carbocycles. The third-order valence-corrected chi connectivity index (χ3v) is 2.96. The van der Waals surface area contributed by atoms with Crippen LogP contribution in [0.15, 0.2) is 5.16 Å². The topological polar surface area (TPSA) is 115 Å². The first-order valence-corrected chi connectivity index (χ1v) is 6.57. The fourth-order valence-corrected chi connectivity index (χ4v) is 1.83. The number of nitrogens with one attached hydrogen (secondary N) is 2. The van der Waals surface area contributed by atoms with Gasteiger partial charge in [0.05, 0.1) is 5.75 Å². The number of hydrogen-bond acceptors (Lipinski definition) is 6. The van der Waals surface area contributed by atoms with E-state index in [9.17, 15) is 9.59 Å². The van der Waals surface area contributed by atoms with Crippen LogP contribution in [0, 0.1) is 0 Å². The van der Waals surface area contributed by atoms with Crippen LogP contribution in [0.25, 0.3) is 0 Å². The van der Waals surface area contributed by atoms with Gasteiger partial charge in [-0.1, -0.05) is 11.8 Å². The number of rotatable bonds is 3. The van der Waals surface area contributed by atoms with Gasteiger partial charge in [-0.25, -0.2) is 4.79 Å². The zero-order valence-electron chi connectivity index (χ0n) is 11.4. The molecule has 0 atom stereocenters. The molecule has 19 heavy (non-hydrogen) atoms. The lowest BCUT2D eigenvalue weighted by Crippen LogP contribution is -2.48. The van der Waals surface area contributed by atoms with Crippen molar-refractivity contribution in [2.24, 2.45) is 7.05 Å². The largest absolute Gasteiger partial charge is 0.368 e. The second kappa shape index (κ2) is 5.91. The number of anilines is 1. The number of imide groups is 1. The summed E-state index contributed by atoms with van der Waals surface area (Å²) in [7, 11) is 1.70. The van der Waals surface area contributed by atoms with E-state index >= 15 is 0 Å². The molecule has 1 aromatic rings. The maximum absolute atomic E-state index is 11.5. The minimum atomic E-state index is -0.518. The van der Waals surface area contributed by atoms with Gasteiger partial charge in [-0.2, -0.15) is 0 Å². The molecule has 0 aliphatic heterocycles. The third-order valence-electron chi connectivity index (χ3n) is 1.94. The Morgan fingerprint density at radius 3 is 2.47 bits per heavy atom. The van der Waals surface area contributed by atoms with E-state index in [0.717, 1.165) is 11.8 Å². The number of carbonyl (C=O) groups is 2. The maximum atomic E-state index is 11.5. The molecular formula is C10H18N6O2S. The van der Waals surface area contributed by atoms with Crippen molar-refractivity contribution in [3.8, 4) is 0 Å². The van der Waals surface area contributed by atoms with E-state index < -0.39 is 17.5 Å². The SMILES string of the molecule is Cn1c(N)nnc1SCC(=O)NC(=O)NC(C)(C)C. The molecular weight excluding hydrogens is 268 g/mol. The van der Waals surface area contributed by atoms with E-state index in [-0.39, 0.29) is 11.7 Å². The van der Waals surface area contributed by atoms with Gasteiger partial charge in [-0.3, -0.25) is 14.7 Å². The van der Waals surface area contributed by atoms with Crippen molar-refractivity contribution < 1.29 is 9.59 Å². The van der Waals surface area contributed by atoms with Gasteiger partial charge < -0.3 is 11.1 Å². The van der Waals surface area contributed by atoms with Gasteiger partial charge in [0.15, 0.2) is 5.16 Å². The molecule has 0 saturated carbocycles. The Morgan fingerprint density at radius 1 is 1.37 bits per heavy atom. The predicted octanol–water partition coefficient (Wildman–Crippen LogP) is 0.114. The molecule has 8 nitrogen and oxygen atoms in total. The van der Waals surface area contributed by atoms with Crippen LogP contribution in [0.1, 0.15) is 20.8 Å². The number of carbonyl (C=O) groups excluding carboxylic acids is 2. The normalized spacial score (nSPS) is 11.2. The second-order valence-electron chi connectivity index (χ2n) is 4.94. The fraction of sp³-hybridized carbons (Fsp3) is 0.600. The van der Waals surface area contributed by atoms with E-state index in [1.54, 1.807) is 11.6 Å². The number of nitrogens with zero attached hydrogens (tertiary/aromatic N) is 3. The maximum Gasteiger partial charge on any atom is 0.321 e. The van der Waals surface area contributed by atoms with Gasteiger partial charge in [-0.15, -0.1) is 10.2 Å². The Balaban J connectivity index is 2.40. The lowest BCUT2D eigenvalue weighted by Gasteiger charge is -2.20. The monoisotopic (exact) mass is 286 g/mol.